The van der Waals surface area contributed by atoms with Gasteiger partial charge in [-0.15, -0.1) is 0 Å². The minimum absolute atomic E-state index is 0.0168. The molecule has 3 aromatic carbocycles. The van der Waals surface area contributed by atoms with Gasteiger partial charge in [-0.25, -0.2) is 0 Å². The van der Waals surface area contributed by atoms with Crippen LogP contribution in [0.25, 0.3) is 6.08 Å². The number of nitro groups is 1. The molecule has 9 nitrogen and oxygen atoms in total. The summed E-state index contributed by atoms with van der Waals surface area (Å²) in [6.07, 6.45) is -3.40. The van der Waals surface area contributed by atoms with E-state index in [4.69, 9.17) is 14.2 Å². The first-order valence-electron chi connectivity index (χ1n) is 11.2. The highest BCUT2D eigenvalue weighted by Gasteiger charge is 2.36. The number of hydrogen-bond acceptors (Lipinski definition) is 8. The van der Waals surface area contributed by atoms with E-state index in [9.17, 15) is 32.9 Å². The van der Waals surface area contributed by atoms with E-state index >= 15 is 0 Å². The lowest BCUT2D eigenvalue weighted by molar-refractivity contribution is -0.385. The van der Waals surface area contributed by atoms with E-state index < -0.39 is 39.2 Å². The number of ether oxygens (including phenoxy) is 3. The molecular formula is C26H19F3N2O7S. The van der Waals surface area contributed by atoms with E-state index in [1.807, 2.05) is 0 Å². The molecule has 0 atom stereocenters. The number of amides is 2. The Hall–Kier alpha value is -4.52. The van der Waals surface area contributed by atoms with Gasteiger partial charge in [0, 0.05) is 11.6 Å². The number of carbonyl (C=O) groups excluding carboxylic acids is 2. The summed E-state index contributed by atoms with van der Waals surface area (Å²) >= 11 is 0.688. The van der Waals surface area contributed by atoms with Gasteiger partial charge in [-0.3, -0.25) is 24.6 Å². The number of benzene rings is 3. The van der Waals surface area contributed by atoms with Crippen molar-refractivity contribution in [2.45, 2.75) is 6.18 Å². The van der Waals surface area contributed by atoms with Gasteiger partial charge in [0.15, 0.2) is 11.5 Å². The second-order valence-corrected chi connectivity index (χ2v) is 8.90. The Bertz CT molecular complexity index is 1460. The smallest absolute Gasteiger partial charge is 0.416 e. The predicted octanol–water partition coefficient (Wildman–Crippen LogP) is 6.53. The average Bonchev–Trinajstić information content (AvgIpc) is 3.16. The molecule has 0 unspecified atom stereocenters. The molecule has 1 heterocycles. The lowest BCUT2D eigenvalue weighted by atomic mass is 10.1. The molecule has 0 N–H and O–H groups in total. The summed E-state index contributed by atoms with van der Waals surface area (Å²) in [6.45, 7) is -0.0149. The van der Waals surface area contributed by atoms with Crippen molar-refractivity contribution in [3.8, 4) is 23.0 Å². The van der Waals surface area contributed by atoms with E-state index in [0.717, 1.165) is 11.0 Å². The molecule has 4 rings (SSSR count). The summed E-state index contributed by atoms with van der Waals surface area (Å²) in [5.41, 5.74) is -1.80. The van der Waals surface area contributed by atoms with E-state index in [1.165, 1.54) is 25.3 Å². The maximum Gasteiger partial charge on any atom is 0.416 e. The Morgan fingerprint density at radius 3 is 2.31 bits per heavy atom. The van der Waals surface area contributed by atoms with Crippen LogP contribution in [0.4, 0.5) is 23.7 Å². The first-order valence-corrected chi connectivity index (χ1v) is 12.0. The molecule has 0 aliphatic carbocycles. The summed E-state index contributed by atoms with van der Waals surface area (Å²) < 4.78 is 55.5. The Kier molecular flexibility index (Phi) is 8.10. The van der Waals surface area contributed by atoms with Crippen LogP contribution in [0.3, 0.4) is 0 Å². The largest absolute Gasteiger partial charge is 0.493 e. The van der Waals surface area contributed by atoms with Crippen LogP contribution in [0, 0.1) is 10.1 Å². The molecule has 39 heavy (non-hydrogen) atoms. The molecule has 1 saturated heterocycles. The van der Waals surface area contributed by atoms with E-state index in [2.05, 4.69) is 0 Å². The van der Waals surface area contributed by atoms with Gasteiger partial charge in [0.05, 0.1) is 29.0 Å². The summed E-state index contributed by atoms with van der Waals surface area (Å²) in [4.78, 5) is 37.0. The Balaban J connectivity index is 1.52. The van der Waals surface area contributed by atoms with Crippen molar-refractivity contribution in [3.63, 3.8) is 0 Å². The second-order valence-electron chi connectivity index (χ2n) is 7.91. The van der Waals surface area contributed by atoms with Gasteiger partial charge in [-0.2, -0.15) is 13.2 Å². The van der Waals surface area contributed by atoms with E-state index in [-0.39, 0.29) is 29.4 Å². The highest BCUT2D eigenvalue weighted by molar-refractivity contribution is 8.18. The quantitative estimate of drug-likeness (QED) is 0.165. The molecule has 1 aliphatic rings. The summed E-state index contributed by atoms with van der Waals surface area (Å²) in [7, 11) is 1.49. The second kappa shape index (κ2) is 11.5. The number of nitro benzene ring substituents is 1. The van der Waals surface area contributed by atoms with Crippen LogP contribution in [0.2, 0.25) is 0 Å². The lowest BCUT2D eigenvalue weighted by Gasteiger charge is -2.14. The number of methoxy groups -OCH3 is 1. The zero-order valence-corrected chi connectivity index (χ0v) is 21.0. The number of thioether (sulfide) groups is 1. The van der Waals surface area contributed by atoms with Crippen molar-refractivity contribution >= 4 is 34.7 Å². The third-order valence-electron chi connectivity index (χ3n) is 5.42. The normalized spacial score (nSPS) is 14.6. The zero-order valence-electron chi connectivity index (χ0n) is 20.1. The number of carbonyl (C=O) groups is 2. The Labute approximate surface area is 223 Å². The highest BCUT2D eigenvalue weighted by Crippen LogP contribution is 2.40. The molecule has 0 aromatic heterocycles. The lowest BCUT2D eigenvalue weighted by Crippen LogP contribution is -2.32. The predicted molar refractivity (Wildman–Crippen MR) is 136 cm³/mol. The molecule has 13 heteroatoms. The van der Waals surface area contributed by atoms with Gasteiger partial charge in [-0.05, 0) is 48.2 Å². The minimum Gasteiger partial charge on any atom is -0.493 e. The molecule has 2 amide bonds. The van der Waals surface area contributed by atoms with Crippen molar-refractivity contribution in [2.24, 2.45) is 0 Å². The van der Waals surface area contributed by atoms with Crippen molar-refractivity contribution < 1.29 is 41.9 Å². The third kappa shape index (κ3) is 6.32. The average molecular weight is 561 g/mol. The fourth-order valence-corrected chi connectivity index (χ4v) is 4.41. The standard InChI is InChI=1S/C26H19F3N2O7S/c1-36-21-8-4-5-9-22(21)37-13-12-30-24(32)23(39-25(30)33)14-16-6-2-3-7-19(16)38-20-11-10-17(26(27,28)29)15-18(20)31(34)35/h2-11,14-15H,12-13H2,1H3/b23-14-. The van der Waals surface area contributed by atoms with Crippen LogP contribution in [0.15, 0.2) is 71.6 Å². The zero-order chi connectivity index (χ0) is 28.2. The van der Waals surface area contributed by atoms with Gasteiger partial charge in [-0.1, -0.05) is 30.3 Å². The van der Waals surface area contributed by atoms with E-state index in [1.54, 1.807) is 36.4 Å². The number of halogens is 3. The molecule has 0 saturated carbocycles. The molecule has 1 fully saturated rings. The number of imide groups is 1. The monoisotopic (exact) mass is 560 g/mol. The molecule has 0 radical (unpaired) electrons. The van der Waals surface area contributed by atoms with Crippen molar-refractivity contribution in [1.29, 1.82) is 0 Å². The topological polar surface area (TPSA) is 108 Å². The number of para-hydroxylation sites is 3. The van der Waals surface area contributed by atoms with Crippen LogP contribution in [-0.4, -0.2) is 41.2 Å². The molecule has 3 aromatic rings. The number of nitrogens with zero attached hydrogens (tertiary/aromatic N) is 2. The first-order chi connectivity index (χ1) is 18.6. The van der Waals surface area contributed by atoms with Crippen molar-refractivity contribution in [2.75, 3.05) is 20.3 Å². The molecular weight excluding hydrogens is 541 g/mol. The van der Waals surface area contributed by atoms with Crippen LogP contribution < -0.4 is 14.2 Å². The fraction of sp³-hybridized carbons (Fsp3) is 0.154. The Morgan fingerprint density at radius 1 is 0.974 bits per heavy atom. The molecule has 0 bridgehead atoms. The van der Waals surface area contributed by atoms with Gasteiger partial charge in [0.2, 0.25) is 5.75 Å². The van der Waals surface area contributed by atoms with Crippen LogP contribution in [0.1, 0.15) is 11.1 Å². The number of rotatable bonds is 9. The van der Waals surface area contributed by atoms with Crippen molar-refractivity contribution in [1.82, 2.24) is 4.90 Å². The first kappa shape index (κ1) is 27.5. The number of alkyl halides is 3. The minimum atomic E-state index is -4.78. The van der Waals surface area contributed by atoms with Crippen molar-refractivity contribution in [3.05, 3.63) is 92.9 Å². The van der Waals surface area contributed by atoms with Crippen LogP contribution >= 0.6 is 11.8 Å². The van der Waals surface area contributed by atoms with Gasteiger partial charge >= 0.3 is 11.9 Å². The SMILES string of the molecule is COc1ccccc1OCCN1C(=O)S/C(=C\c2ccccc2Oc2ccc(C(F)(F)F)cc2[N+](=O)[O-])C1=O. The summed E-state index contributed by atoms with van der Waals surface area (Å²) in [6, 6.07) is 14.9. The summed E-state index contributed by atoms with van der Waals surface area (Å²) in [5.74, 6) is -0.0200. The fourth-order valence-electron chi connectivity index (χ4n) is 3.55. The summed E-state index contributed by atoms with van der Waals surface area (Å²) in [5, 5.41) is 10.9. The molecule has 1 aliphatic heterocycles. The van der Waals surface area contributed by atoms with Gasteiger partial charge < -0.3 is 14.2 Å². The van der Waals surface area contributed by atoms with Crippen LogP contribution in [0.5, 0.6) is 23.0 Å². The van der Waals surface area contributed by atoms with Crippen LogP contribution in [-0.2, 0) is 11.0 Å². The van der Waals surface area contributed by atoms with Gasteiger partial charge in [0.25, 0.3) is 11.1 Å². The maximum absolute atomic E-state index is 13.0. The Morgan fingerprint density at radius 2 is 1.64 bits per heavy atom. The third-order valence-corrected chi connectivity index (χ3v) is 6.33. The maximum atomic E-state index is 13.0. The molecule has 0 spiro atoms. The molecule has 202 valence electrons. The highest BCUT2D eigenvalue weighted by atomic mass is 32.2. The van der Waals surface area contributed by atoms with Gasteiger partial charge in [0.1, 0.15) is 12.4 Å². The van der Waals surface area contributed by atoms with E-state index in [0.29, 0.717) is 35.4 Å². The number of hydrogen-bond donors (Lipinski definition) is 0.